The molecule has 0 aliphatic heterocycles. The summed E-state index contributed by atoms with van der Waals surface area (Å²) < 4.78 is 0. The third-order valence-corrected chi connectivity index (χ3v) is 1.57. The smallest absolute Gasteiger partial charge is 0.783 e. The van der Waals surface area contributed by atoms with Crippen molar-refractivity contribution in [1.29, 1.82) is 0 Å². The average molecular weight is 178 g/mol. The maximum Gasteiger partial charge on any atom is 1.00 e. The van der Waals surface area contributed by atoms with Crippen LogP contribution in [-0.2, 0) is 17.4 Å². The third kappa shape index (κ3) is 7.92. The summed E-state index contributed by atoms with van der Waals surface area (Å²) in [5, 5.41) is 9.18. The number of carbonyl (C=O) groups is 1. The number of carboxylic acid groups (broad SMARTS) is 1. The Bertz CT molecular complexity index is 97.6. The van der Waals surface area contributed by atoms with Gasteiger partial charge in [-0.15, -0.1) is 5.25 Å². The van der Waals surface area contributed by atoms with Crippen molar-refractivity contribution in [2.75, 3.05) is 0 Å². The molecular weight excluding hydrogens is 170 g/mol. The summed E-state index contributed by atoms with van der Waals surface area (Å²) in [5.74, 6) is -1.15. The third-order valence-electron chi connectivity index (χ3n) is 0.838. The summed E-state index contributed by atoms with van der Waals surface area (Å²) in [6.07, 6.45) is 0. The molecule has 0 spiro atoms. The van der Waals surface area contributed by atoms with E-state index in [0.29, 0.717) is 0 Å². The first-order chi connectivity index (χ1) is 3.55. The van der Waals surface area contributed by atoms with E-state index >= 15 is 0 Å². The molecule has 1 atom stereocenters. The summed E-state index contributed by atoms with van der Waals surface area (Å²) >= 11 is 4.52. The van der Waals surface area contributed by atoms with Gasteiger partial charge in [0.15, 0.2) is 0 Å². The zero-order valence-electron chi connectivity index (χ0n) is 6.88. The molecule has 0 unspecified atom stereocenters. The molecule has 0 bridgehead atoms. The van der Waals surface area contributed by atoms with Crippen molar-refractivity contribution in [2.24, 2.45) is 5.92 Å². The molecule has 48 valence electrons. The zero-order chi connectivity index (χ0) is 6.73. The molecule has 0 aliphatic rings. The van der Waals surface area contributed by atoms with Crippen molar-refractivity contribution in [3.05, 3.63) is 0 Å². The SMILES string of the molecule is CC(C)[C@@H]([S-])C(=O)[O-].[Na+].[Na+]. The molecule has 0 rings (SSSR count). The minimum atomic E-state index is -1.14. The van der Waals surface area contributed by atoms with E-state index in [1.165, 1.54) is 0 Å². The minimum Gasteiger partial charge on any atom is -0.783 e. The molecule has 0 saturated heterocycles. The maximum absolute atomic E-state index is 9.93. The summed E-state index contributed by atoms with van der Waals surface area (Å²) in [4.78, 5) is 9.93. The fraction of sp³-hybridized carbons (Fsp3) is 0.800. The molecule has 0 N–H and O–H groups in total. The summed E-state index contributed by atoms with van der Waals surface area (Å²) in [6.45, 7) is 3.51. The molecule has 0 aliphatic carbocycles. The van der Waals surface area contributed by atoms with Crippen LogP contribution >= 0.6 is 0 Å². The van der Waals surface area contributed by atoms with Gasteiger partial charge in [0.2, 0.25) is 0 Å². The van der Waals surface area contributed by atoms with Gasteiger partial charge in [-0.3, -0.25) is 0 Å². The van der Waals surface area contributed by atoms with Crippen LogP contribution in [0.25, 0.3) is 0 Å². The van der Waals surface area contributed by atoms with E-state index in [4.69, 9.17) is 0 Å². The molecular formula is C5H8Na2O2S. The van der Waals surface area contributed by atoms with E-state index in [-0.39, 0.29) is 65.0 Å². The number of hydrogen-bond donors (Lipinski definition) is 0. The van der Waals surface area contributed by atoms with Crippen molar-refractivity contribution in [1.82, 2.24) is 0 Å². The normalized spacial score (nSPS) is 11.2. The van der Waals surface area contributed by atoms with Gasteiger partial charge in [-0.05, 0) is 0 Å². The van der Waals surface area contributed by atoms with E-state index in [0.717, 1.165) is 0 Å². The second-order valence-electron chi connectivity index (χ2n) is 1.98. The van der Waals surface area contributed by atoms with E-state index in [1.54, 1.807) is 13.8 Å². The van der Waals surface area contributed by atoms with Crippen LogP contribution in [0.4, 0.5) is 0 Å². The Morgan fingerprint density at radius 3 is 1.70 bits per heavy atom. The molecule has 0 fully saturated rings. The van der Waals surface area contributed by atoms with Crippen LogP contribution in [0.15, 0.2) is 0 Å². The predicted octanol–water partition coefficient (Wildman–Crippen LogP) is -6.68. The van der Waals surface area contributed by atoms with Crippen molar-refractivity contribution in [3.63, 3.8) is 0 Å². The molecule has 0 radical (unpaired) electrons. The number of rotatable bonds is 2. The largest absolute Gasteiger partial charge is 1.00 e. The van der Waals surface area contributed by atoms with Gasteiger partial charge in [-0.2, -0.15) is 0 Å². The van der Waals surface area contributed by atoms with Gasteiger partial charge in [-0.1, -0.05) is 19.8 Å². The monoisotopic (exact) mass is 178 g/mol. The number of hydrogen-bond acceptors (Lipinski definition) is 3. The number of aliphatic carboxylic acids is 1. The second-order valence-corrected chi connectivity index (χ2v) is 2.49. The predicted molar refractivity (Wildman–Crippen MR) is 31.0 cm³/mol. The van der Waals surface area contributed by atoms with Crippen LogP contribution in [0.2, 0.25) is 0 Å². The van der Waals surface area contributed by atoms with Gasteiger partial charge in [0.25, 0.3) is 0 Å². The first kappa shape index (κ1) is 17.8. The van der Waals surface area contributed by atoms with Crippen molar-refractivity contribution >= 4 is 18.6 Å². The first-order valence-electron chi connectivity index (χ1n) is 2.42. The van der Waals surface area contributed by atoms with Crippen LogP contribution in [0, 0.1) is 5.92 Å². The molecule has 0 aromatic heterocycles. The fourth-order valence-corrected chi connectivity index (χ4v) is 0.272. The first-order valence-corrected chi connectivity index (χ1v) is 2.89. The molecule has 0 aromatic carbocycles. The molecule has 0 saturated carbocycles. The van der Waals surface area contributed by atoms with E-state index < -0.39 is 11.2 Å². The van der Waals surface area contributed by atoms with Crippen molar-refractivity contribution < 1.29 is 69.0 Å². The van der Waals surface area contributed by atoms with E-state index in [1.807, 2.05) is 0 Å². The second kappa shape index (κ2) is 8.91. The quantitative estimate of drug-likeness (QED) is 0.312. The fourth-order valence-electron chi connectivity index (χ4n) is 0.272. The van der Waals surface area contributed by atoms with Gasteiger partial charge >= 0.3 is 59.1 Å². The minimum absolute atomic E-state index is 0. The van der Waals surface area contributed by atoms with E-state index in [9.17, 15) is 9.90 Å². The molecule has 10 heavy (non-hydrogen) atoms. The Kier molecular flexibility index (Phi) is 15.9. The van der Waals surface area contributed by atoms with Crippen LogP contribution in [-0.4, -0.2) is 11.2 Å². The molecule has 2 nitrogen and oxygen atoms in total. The summed E-state index contributed by atoms with van der Waals surface area (Å²) in [5.41, 5.74) is 0. The van der Waals surface area contributed by atoms with Gasteiger partial charge in [-0.25, -0.2) is 0 Å². The van der Waals surface area contributed by atoms with Gasteiger partial charge in [0, 0.05) is 5.97 Å². The molecule has 5 heteroatoms. The Morgan fingerprint density at radius 2 is 1.70 bits per heavy atom. The standard InChI is InChI=1S/C5H10O2S.2Na/c1-3(2)4(8)5(6)7;;/h3-4,8H,1-2H3,(H,6,7);;/q;2*+1/p-2/t4-;;/m1../s1. The van der Waals surface area contributed by atoms with Crippen molar-refractivity contribution in [2.45, 2.75) is 19.1 Å². The average Bonchev–Trinajstić information content (AvgIpc) is 1.64. The van der Waals surface area contributed by atoms with Crippen LogP contribution < -0.4 is 64.2 Å². The maximum atomic E-state index is 9.93. The molecule has 0 amide bonds. The molecule has 0 aromatic rings. The topological polar surface area (TPSA) is 40.1 Å². The zero-order valence-corrected chi connectivity index (χ0v) is 11.7. The number of carbonyl (C=O) groups excluding carboxylic acids is 1. The Morgan fingerprint density at radius 1 is 1.40 bits per heavy atom. The van der Waals surface area contributed by atoms with Crippen LogP contribution in [0.5, 0.6) is 0 Å². The molecule has 0 heterocycles. The van der Waals surface area contributed by atoms with Crippen LogP contribution in [0.1, 0.15) is 13.8 Å². The Labute approximate surface area is 111 Å². The van der Waals surface area contributed by atoms with Gasteiger partial charge in [0.1, 0.15) is 0 Å². The van der Waals surface area contributed by atoms with E-state index in [2.05, 4.69) is 12.6 Å². The number of carboxylic acids is 1. The summed E-state index contributed by atoms with van der Waals surface area (Å²) in [7, 11) is 0. The van der Waals surface area contributed by atoms with Crippen LogP contribution in [0.3, 0.4) is 0 Å². The van der Waals surface area contributed by atoms with Gasteiger partial charge < -0.3 is 22.5 Å². The summed E-state index contributed by atoms with van der Waals surface area (Å²) in [6, 6.07) is 0. The van der Waals surface area contributed by atoms with Crippen molar-refractivity contribution in [3.8, 4) is 0 Å². The van der Waals surface area contributed by atoms with Gasteiger partial charge in [0.05, 0.1) is 0 Å². The Balaban J connectivity index is -0.000000245. The Hall–Kier alpha value is 1.82.